The van der Waals surface area contributed by atoms with Gasteiger partial charge in [-0.05, 0) is 42.2 Å². The second-order valence-corrected chi connectivity index (χ2v) is 9.71. The molecule has 1 saturated heterocycles. The first kappa shape index (κ1) is 23.8. The highest BCUT2D eigenvalue weighted by Crippen LogP contribution is 2.33. The number of rotatable bonds is 6. The van der Waals surface area contributed by atoms with Crippen molar-refractivity contribution in [3.63, 3.8) is 0 Å². The predicted octanol–water partition coefficient (Wildman–Crippen LogP) is 6.31. The minimum absolute atomic E-state index is 0.200. The second kappa shape index (κ2) is 10.8. The minimum atomic E-state index is 0.200. The van der Waals surface area contributed by atoms with Gasteiger partial charge < -0.3 is 5.32 Å². The molecular weight excluding hydrogens is 468 g/mol. The summed E-state index contributed by atoms with van der Waals surface area (Å²) in [6, 6.07) is 34.1. The number of hydrogen-bond acceptors (Lipinski definition) is 6. The fourth-order valence-electron chi connectivity index (χ4n) is 5.14. The predicted molar refractivity (Wildman–Crippen MR) is 151 cm³/mol. The SMILES string of the molecule is N#Cc1nccc(NC2CCN(Cc3ccc(-c4nc5ccccc5cc4-c4ccccc4)cc3)CC2)n1. The normalized spacial score (nSPS) is 14.3. The van der Waals surface area contributed by atoms with Gasteiger partial charge in [-0.25, -0.2) is 15.0 Å². The van der Waals surface area contributed by atoms with Gasteiger partial charge in [0.15, 0.2) is 0 Å². The summed E-state index contributed by atoms with van der Waals surface area (Å²) in [7, 11) is 0. The van der Waals surface area contributed by atoms with E-state index in [-0.39, 0.29) is 5.82 Å². The lowest BCUT2D eigenvalue weighted by molar-refractivity contribution is 0.211. The highest BCUT2D eigenvalue weighted by molar-refractivity contribution is 5.91. The molecular formula is C32H28N6. The number of fused-ring (bicyclic) bond motifs is 1. The molecule has 1 aliphatic rings. The van der Waals surface area contributed by atoms with Gasteiger partial charge in [0.25, 0.3) is 0 Å². The van der Waals surface area contributed by atoms with E-state index in [1.165, 1.54) is 11.1 Å². The number of nitriles is 1. The molecule has 186 valence electrons. The number of likely N-dealkylation sites (tertiary alicyclic amines) is 1. The minimum Gasteiger partial charge on any atom is -0.367 e. The molecule has 6 heteroatoms. The van der Waals surface area contributed by atoms with E-state index in [1.807, 2.05) is 24.3 Å². The first-order chi connectivity index (χ1) is 18.7. The molecule has 0 bridgehead atoms. The van der Waals surface area contributed by atoms with Crippen molar-refractivity contribution in [1.29, 1.82) is 5.26 Å². The summed E-state index contributed by atoms with van der Waals surface area (Å²) in [5.41, 5.74) is 6.77. The Morgan fingerprint density at radius 3 is 2.39 bits per heavy atom. The molecule has 0 aliphatic carbocycles. The average molecular weight is 497 g/mol. The number of anilines is 1. The van der Waals surface area contributed by atoms with Gasteiger partial charge in [0, 0.05) is 48.4 Å². The topological polar surface area (TPSA) is 77.7 Å². The van der Waals surface area contributed by atoms with Gasteiger partial charge in [-0.15, -0.1) is 0 Å². The van der Waals surface area contributed by atoms with Crippen molar-refractivity contribution in [3.05, 3.63) is 109 Å². The van der Waals surface area contributed by atoms with Gasteiger partial charge in [0.05, 0.1) is 11.2 Å². The molecule has 6 rings (SSSR count). The van der Waals surface area contributed by atoms with Gasteiger partial charge in [-0.2, -0.15) is 5.26 Å². The Balaban J connectivity index is 1.15. The second-order valence-electron chi connectivity index (χ2n) is 9.71. The van der Waals surface area contributed by atoms with Gasteiger partial charge in [0.1, 0.15) is 11.9 Å². The molecule has 0 radical (unpaired) electrons. The smallest absolute Gasteiger partial charge is 0.234 e. The number of nitrogens with zero attached hydrogens (tertiary/aromatic N) is 5. The largest absolute Gasteiger partial charge is 0.367 e. The molecule has 0 amide bonds. The first-order valence-electron chi connectivity index (χ1n) is 13.0. The molecule has 2 aromatic heterocycles. The lowest BCUT2D eigenvalue weighted by atomic mass is 9.96. The zero-order valence-corrected chi connectivity index (χ0v) is 21.1. The Kier molecular flexibility index (Phi) is 6.75. The lowest BCUT2D eigenvalue weighted by Gasteiger charge is -2.32. The molecule has 1 aliphatic heterocycles. The monoisotopic (exact) mass is 496 g/mol. The van der Waals surface area contributed by atoms with E-state index in [0.717, 1.165) is 66.0 Å². The van der Waals surface area contributed by atoms with E-state index in [2.05, 4.69) is 93.0 Å². The Labute approximate surface area is 222 Å². The standard InChI is InChI=1S/C32H28N6/c33-21-31-34-17-14-30(37-31)35-27-15-18-38(19-16-27)22-23-10-12-25(13-11-23)32-28(24-6-2-1-3-7-24)20-26-8-4-5-9-29(26)36-32/h1-14,17,20,27H,15-16,18-19,22H2,(H,34,35,37). The first-order valence-corrected chi connectivity index (χ1v) is 13.0. The number of pyridine rings is 1. The van der Waals surface area contributed by atoms with Gasteiger partial charge in [-0.1, -0.05) is 72.8 Å². The van der Waals surface area contributed by atoms with E-state index in [4.69, 9.17) is 10.2 Å². The van der Waals surface area contributed by atoms with Crippen molar-refractivity contribution < 1.29 is 0 Å². The number of piperidine rings is 1. The van der Waals surface area contributed by atoms with Crippen molar-refractivity contribution in [2.75, 3.05) is 18.4 Å². The van der Waals surface area contributed by atoms with Crippen LogP contribution in [0, 0.1) is 11.3 Å². The summed E-state index contributed by atoms with van der Waals surface area (Å²) in [6.07, 6.45) is 3.69. The number of nitrogens with one attached hydrogen (secondary N) is 1. The van der Waals surface area contributed by atoms with Gasteiger partial charge >= 0.3 is 0 Å². The van der Waals surface area contributed by atoms with Crippen LogP contribution in [0.4, 0.5) is 5.82 Å². The number of para-hydroxylation sites is 1. The zero-order valence-electron chi connectivity index (χ0n) is 21.1. The third-order valence-electron chi connectivity index (χ3n) is 7.14. The molecule has 3 heterocycles. The highest BCUT2D eigenvalue weighted by atomic mass is 15.1. The molecule has 3 aromatic carbocycles. The van der Waals surface area contributed by atoms with Crippen LogP contribution >= 0.6 is 0 Å². The quantitative estimate of drug-likeness (QED) is 0.297. The lowest BCUT2D eigenvalue weighted by Crippen LogP contribution is -2.38. The van der Waals surface area contributed by atoms with Crippen LogP contribution in [0.15, 0.2) is 97.2 Å². The van der Waals surface area contributed by atoms with E-state index >= 15 is 0 Å². The highest BCUT2D eigenvalue weighted by Gasteiger charge is 2.20. The average Bonchev–Trinajstić information content (AvgIpc) is 2.98. The summed E-state index contributed by atoms with van der Waals surface area (Å²) in [6.45, 7) is 2.95. The van der Waals surface area contributed by atoms with Crippen LogP contribution in [0.1, 0.15) is 24.2 Å². The van der Waals surface area contributed by atoms with E-state index < -0.39 is 0 Å². The van der Waals surface area contributed by atoms with Crippen LogP contribution in [0.2, 0.25) is 0 Å². The van der Waals surface area contributed by atoms with E-state index in [0.29, 0.717) is 6.04 Å². The molecule has 1 N–H and O–H groups in total. The fraction of sp³-hybridized carbons (Fsp3) is 0.188. The van der Waals surface area contributed by atoms with E-state index in [1.54, 1.807) is 6.20 Å². The number of aromatic nitrogens is 3. The van der Waals surface area contributed by atoms with Crippen molar-refractivity contribution in [1.82, 2.24) is 19.9 Å². The maximum absolute atomic E-state index is 9.02. The van der Waals surface area contributed by atoms with Crippen molar-refractivity contribution in [2.24, 2.45) is 0 Å². The molecule has 0 atom stereocenters. The summed E-state index contributed by atoms with van der Waals surface area (Å²) >= 11 is 0. The molecule has 1 fully saturated rings. The van der Waals surface area contributed by atoms with Crippen molar-refractivity contribution >= 4 is 16.7 Å². The molecule has 0 unspecified atom stereocenters. The Morgan fingerprint density at radius 1 is 0.842 bits per heavy atom. The molecule has 0 saturated carbocycles. The Hall–Kier alpha value is -4.60. The van der Waals surface area contributed by atoms with Crippen molar-refractivity contribution in [3.8, 4) is 28.5 Å². The van der Waals surface area contributed by atoms with Gasteiger partial charge in [-0.3, -0.25) is 4.90 Å². The maximum atomic E-state index is 9.02. The summed E-state index contributed by atoms with van der Waals surface area (Å²) in [5, 5.41) is 13.6. The number of benzene rings is 3. The van der Waals surface area contributed by atoms with Crippen LogP contribution in [-0.4, -0.2) is 39.0 Å². The molecule has 6 nitrogen and oxygen atoms in total. The zero-order chi connectivity index (χ0) is 25.7. The number of hydrogen-bond donors (Lipinski definition) is 1. The van der Waals surface area contributed by atoms with Crippen LogP contribution in [0.25, 0.3) is 33.3 Å². The Morgan fingerprint density at radius 2 is 1.61 bits per heavy atom. The third kappa shape index (κ3) is 5.24. The van der Waals surface area contributed by atoms with Crippen LogP contribution < -0.4 is 5.32 Å². The summed E-state index contributed by atoms with van der Waals surface area (Å²) in [5.74, 6) is 0.924. The van der Waals surface area contributed by atoms with Crippen LogP contribution in [-0.2, 0) is 6.54 Å². The van der Waals surface area contributed by atoms with Crippen LogP contribution in [0.3, 0.4) is 0 Å². The molecule has 38 heavy (non-hydrogen) atoms. The van der Waals surface area contributed by atoms with Crippen molar-refractivity contribution in [2.45, 2.75) is 25.4 Å². The van der Waals surface area contributed by atoms with Crippen LogP contribution in [0.5, 0.6) is 0 Å². The van der Waals surface area contributed by atoms with Gasteiger partial charge in [0.2, 0.25) is 5.82 Å². The Bertz CT molecular complexity index is 1580. The summed E-state index contributed by atoms with van der Waals surface area (Å²) < 4.78 is 0. The van der Waals surface area contributed by atoms with E-state index in [9.17, 15) is 0 Å². The maximum Gasteiger partial charge on any atom is 0.234 e. The molecule has 5 aromatic rings. The fourth-order valence-corrected chi connectivity index (χ4v) is 5.14. The molecule has 0 spiro atoms. The summed E-state index contributed by atoms with van der Waals surface area (Å²) in [4.78, 5) is 15.8. The third-order valence-corrected chi connectivity index (χ3v) is 7.14.